The summed E-state index contributed by atoms with van der Waals surface area (Å²) in [6.45, 7) is -0.248. The van der Waals surface area contributed by atoms with E-state index in [2.05, 4.69) is 15.3 Å². The number of aromatic nitrogens is 2. The maximum Gasteiger partial charge on any atom is 0.255 e. The van der Waals surface area contributed by atoms with Gasteiger partial charge in [-0.1, -0.05) is 18.2 Å². The van der Waals surface area contributed by atoms with E-state index in [-0.39, 0.29) is 6.54 Å². The molecule has 4 aromatic rings. The van der Waals surface area contributed by atoms with Gasteiger partial charge in [0.2, 0.25) is 5.91 Å². The number of hydrogen-bond donors (Lipinski definition) is 3. The lowest BCUT2D eigenvalue weighted by Crippen LogP contribution is -2.33. The highest BCUT2D eigenvalue weighted by Crippen LogP contribution is 2.37. The molecule has 0 aliphatic heterocycles. The number of amides is 2. The van der Waals surface area contributed by atoms with Crippen LogP contribution in [0.5, 0.6) is 5.75 Å². The molecule has 4 rings (SSSR count). The number of thiophene rings is 1. The largest absolute Gasteiger partial charge is 0.496 e. The van der Waals surface area contributed by atoms with Crippen LogP contribution >= 0.6 is 11.3 Å². The van der Waals surface area contributed by atoms with Gasteiger partial charge in [0.25, 0.3) is 5.91 Å². The smallest absolute Gasteiger partial charge is 0.255 e. The molecule has 0 saturated heterocycles. The summed E-state index contributed by atoms with van der Waals surface area (Å²) in [7, 11) is 1.48. The quantitative estimate of drug-likeness (QED) is 0.465. The van der Waals surface area contributed by atoms with Crippen molar-refractivity contribution >= 4 is 49.3 Å². The molecule has 8 nitrogen and oxygen atoms in total. The molecule has 29 heavy (non-hydrogen) atoms. The number of anilines is 1. The van der Waals surface area contributed by atoms with Crippen LogP contribution in [-0.4, -0.2) is 35.4 Å². The van der Waals surface area contributed by atoms with Crippen molar-refractivity contribution in [2.24, 2.45) is 5.73 Å². The highest BCUT2D eigenvalue weighted by molar-refractivity contribution is 7.26. The van der Waals surface area contributed by atoms with Gasteiger partial charge in [0.05, 0.1) is 29.4 Å². The monoisotopic (exact) mass is 407 g/mol. The number of rotatable bonds is 5. The third-order valence-corrected chi connectivity index (χ3v) is 5.65. The van der Waals surface area contributed by atoms with Crippen LogP contribution in [0.25, 0.3) is 31.4 Å². The molecule has 0 bridgehead atoms. The van der Waals surface area contributed by atoms with Gasteiger partial charge in [0, 0.05) is 10.1 Å². The van der Waals surface area contributed by atoms with Crippen LogP contribution in [0.4, 0.5) is 5.82 Å². The zero-order valence-electron chi connectivity index (χ0n) is 15.4. The lowest BCUT2D eigenvalue weighted by atomic mass is 10.0. The van der Waals surface area contributed by atoms with E-state index in [1.54, 1.807) is 12.1 Å². The van der Waals surface area contributed by atoms with Gasteiger partial charge in [0.1, 0.15) is 17.9 Å². The first-order valence-electron chi connectivity index (χ1n) is 8.65. The number of methoxy groups -OCH3 is 1. The minimum atomic E-state index is -0.619. The van der Waals surface area contributed by atoms with Crippen molar-refractivity contribution in [3.8, 4) is 16.9 Å². The van der Waals surface area contributed by atoms with E-state index in [9.17, 15) is 9.59 Å². The number of nitrogens with zero attached hydrogens (tertiary/aromatic N) is 2. The molecule has 146 valence electrons. The Morgan fingerprint density at radius 3 is 2.66 bits per heavy atom. The number of nitrogens with one attached hydrogen (secondary N) is 1. The van der Waals surface area contributed by atoms with E-state index in [1.807, 2.05) is 24.3 Å². The molecule has 0 aliphatic carbocycles. The second-order valence-corrected chi connectivity index (χ2v) is 7.37. The number of hydrogen-bond acceptors (Lipinski definition) is 7. The summed E-state index contributed by atoms with van der Waals surface area (Å²) in [6, 6.07) is 11.3. The molecule has 0 spiro atoms. The molecule has 0 atom stereocenters. The first-order valence-corrected chi connectivity index (χ1v) is 9.47. The van der Waals surface area contributed by atoms with Crippen molar-refractivity contribution in [3.63, 3.8) is 0 Å². The lowest BCUT2D eigenvalue weighted by Gasteiger charge is -2.11. The topological polar surface area (TPSA) is 133 Å². The summed E-state index contributed by atoms with van der Waals surface area (Å²) in [4.78, 5) is 31.8. The van der Waals surface area contributed by atoms with Crippen molar-refractivity contribution in [3.05, 3.63) is 48.3 Å². The van der Waals surface area contributed by atoms with E-state index in [0.29, 0.717) is 17.1 Å². The van der Waals surface area contributed by atoms with Crippen molar-refractivity contribution < 1.29 is 14.3 Å². The van der Waals surface area contributed by atoms with Crippen molar-refractivity contribution in [2.45, 2.75) is 0 Å². The molecule has 5 N–H and O–H groups in total. The summed E-state index contributed by atoms with van der Waals surface area (Å²) >= 11 is 1.52. The lowest BCUT2D eigenvalue weighted by molar-refractivity contribution is -0.117. The van der Waals surface area contributed by atoms with Crippen molar-refractivity contribution in [2.75, 3.05) is 19.4 Å². The molecule has 0 aliphatic rings. The maximum atomic E-state index is 12.5. The van der Waals surface area contributed by atoms with Crippen LogP contribution in [0.1, 0.15) is 10.4 Å². The number of carbonyl (C=O) groups is 2. The SMILES string of the molecule is COc1ccc(-c2ccc3c(c2)sc2c(N)ncnc23)cc1C(=O)NCC(N)=O. The van der Waals surface area contributed by atoms with E-state index in [1.165, 1.54) is 24.8 Å². The van der Waals surface area contributed by atoms with Gasteiger partial charge in [-0.25, -0.2) is 9.97 Å². The fourth-order valence-electron chi connectivity index (χ4n) is 3.10. The minimum Gasteiger partial charge on any atom is -0.496 e. The van der Waals surface area contributed by atoms with E-state index in [0.717, 1.165) is 31.4 Å². The molecule has 2 aromatic heterocycles. The Morgan fingerprint density at radius 2 is 1.90 bits per heavy atom. The van der Waals surface area contributed by atoms with Gasteiger partial charge in [-0.15, -0.1) is 11.3 Å². The number of ether oxygens (including phenoxy) is 1. The van der Waals surface area contributed by atoms with Crippen LogP contribution in [0, 0.1) is 0 Å². The number of carbonyl (C=O) groups excluding carboxylic acids is 2. The Labute approximate surface area is 169 Å². The summed E-state index contributed by atoms with van der Waals surface area (Å²) in [5.41, 5.74) is 14.0. The molecule has 0 fully saturated rings. The maximum absolute atomic E-state index is 12.5. The Balaban J connectivity index is 1.77. The minimum absolute atomic E-state index is 0.248. The fourth-order valence-corrected chi connectivity index (χ4v) is 4.20. The number of fused-ring (bicyclic) bond motifs is 3. The normalized spacial score (nSPS) is 10.9. The van der Waals surface area contributed by atoms with Gasteiger partial charge >= 0.3 is 0 Å². The third kappa shape index (κ3) is 3.43. The zero-order chi connectivity index (χ0) is 20.5. The molecule has 0 radical (unpaired) electrons. The second kappa shape index (κ2) is 7.36. The molecular weight excluding hydrogens is 390 g/mol. The van der Waals surface area contributed by atoms with Gasteiger partial charge in [-0.3, -0.25) is 9.59 Å². The number of nitrogens with two attached hydrogens (primary N) is 2. The Hall–Kier alpha value is -3.72. The van der Waals surface area contributed by atoms with Gasteiger partial charge in [-0.05, 0) is 29.3 Å². The van der Waals surface area contributed by atoms with E-state index in [4.69, 9.17) is 16.2 Å². The Kier molecular flexibility index (Phi) is 4.73. The molecule has 0 unspecified atom stereocenters. The molecule has 2 aromatic carbocycles. The highest BCUT2D eigenvalue weighted by Gasteiger charge is 2.15. The van der Waals surface area contributed by atoms with E-state index < -0.39 is 11.8 Å². The Morgan fingerprint density at radius 1 is 1.14 bits per heavy atom. The molecule has 9 heteroatoms. The van der Waals surface area contributed by atoms with E-state index >= 15 is 0 Å². The number of nitrogen functional groups attached to an aromatic ring is 1. The Bertz CT molecular complexity index is 1270. The van der Waals surface area contributed by atoms with Gasteiger partial charge in [-0.2, -0.15) is 0 Å². The predicted molar refractivity (Wildman–Crippen MR) is 113 cm³/mol. The van der Waals surface area contributed by atoms with Crippen LogP contribution in [0.15, 0.2) is 42.7 Å². The summed E-state index contributed by atoms with van der Waals surface area (Å²) in [6.07, 6.45) is 1.46. The van der Waals surface area contributed by atoms with Crippen LogP contribution < -0.4 is 21.5 Å². The first kappa shape index (κ1) is 18.6. The first-order chi connectivity index (χ1) is 14.0. The average Bonchev–Trinajstić information content (AvgIpc) is 3.11. The predicted octanol–water partition coefficient (Wildman–Crippen LogP) is 2.32. The van der Waals surface area contributed by atoms with Crippen molar-refractivity contribution in [1.82, 2.24) is 15.3 Å². The fraction of sp³-hybridized carbons (Fsp3) is 0.100. The van der Waals surface area contributed by atoms with Gasteiger partial charge in [0.15, 0.2) is 0 Å². The summed E-state index contributed by atoms with van der Waals surface area (Å²) < 4.78 is 7.15. The highest BCUT2D eigenvalue weighted by atomic mass is 32.1. The van der Waals surface area contributed by atoms with Crippen molar-refractivity contribution in [1.29, 1.82) is 0 Å². The zero-order valence-corrected chi connectivity index (χ0v) is 16.2. The van der Waals surface area contributed by atoms with Crippen LogP contribution in [0.3, 0.4) is 0 Å². The third-order valence-electron chi connectivity index (χ3n) is 4.48. The molecule has 2 heterocycles. The standard InChI is InChI=1S/C20H17N5O3S/c1-28-14-5-3-10(6-13(14)20(27)23-8-16(21)26)11-2-4-12-15(7-11)29-18-17(12)24-9-25-19(18)22/h2-7,9H,8H2,1H3,(H2,21,26)(H,23,27)(H2,22,24,25). The molecular formula is C20H17N5O3S. The average molecular weight is 407 g/mol. The number of benzene rings is 2. The van der Waals surface area contributed by atoms with Crippen LogP contribution in [0.2, 0.25) is 0 Å². The summed E-state index contributed by atoms with van der Waals surface area (Å²) in [5, 5.41) is 3.48. The summed E-state index contributed by atoms with van der Waals surface area (Å²) in [5.74, 6) is -0.197. The molecule has 2 amide bonds. The van der Waals surface area contributed by atoms with Gasteiger partial charge < -0.3 is 21.5 Å². The second-order valence-electron chi connectivity index (χ2n) is 6.31. The van der Waals surface area contributed by atoms with Crippen LogP contribution in [-0.2, 0) is 4.79 Å². The molecule has 0 saturated carbocycles. The number of primary amides is 1.